The van der Waals surface area contributed by atoms with Gasteiger partial charge in [0.15, 0.2) is 5.78 Å². The maximum Gasteiger partial charge on any atom is 0.329 e. The SMILES string of the molecule is CCCC(=O)O[C@@H]1CC[C@@H](C[C@@H](C)[C@@H]2CC(=O)[C@H](C)/C=C(\C)[C@@H](O)[C@@H](OC)C(=O)C(C)C[C@H](C)/C=C/C=C/C=C(\C)[C@@H](OC)C[C@@H]3CC[C@@H](C)[C@@](O)(O3)C(=O)C(=O)N3CCCC[C@H]3C(=O)O2)C[C@H]1OC. The molecule has 2 bridgehead atoms. The second-order valence-corrected chi connectivity index (χ2v) is 20.8. The fraction of sp³-hybridized carbons (Fsp3) is 0.745. The number of aliphatic hydroxyl groups is 2. The lowest BCUT2D eigenvalue weighted by molar-refractivity contribution is -0.265. The van der Waals surface area contributed by atoms with Crippen molar-refractivity contribution in [2.75, 3.05) is 27.9 Å². The van der Waals surface area contributed by atoms with Gasteiger partial charge in [0.2, 0.25) is 5.79 Å². The molecular weight excluding hydrogens is 899 g/mol. The molecule has 4 aliphatic rings. The maximum absolute atomic E-state index is 14.5. The number of ketones is 3. The average molecular weight is 984 g/mol. The van der Waals surface area contributed by atoms with Crippen LogP contribution in [-0.2, 0) is 57.2 Å². The number of piperidine rings is 1. The largest absolute Gasteiger partial charge is 0.460 e. The normalized spacial score (nSPS) is 38.3. The summed E-state index contributed by atoms with van der Waals surface area (Å²) in [6.07, 6.45) is 12.2. The fourth-order valence-corrected chi connectivity index (χ4v) is 10.7. The van der Waals surface area contributed by atoms with E-state index in [1.165, 1.54) is 12.0 Å². The second-order valence-electron chi connectivity index (χ2n) is 20.8. The number of Topliss-reactive ketones (excluding diaryl/α,β-unsaturated/α-hetero) is 3. The van der Waals surface area contributed by atoms with Crippen molar-refractivity contribution in [1.82, 2.24) is 4.90 Å². The Morgan fingerprint density at radius 3 is 2.27 bits per heavy atom. The van der Waals surface area contributed by atoms with Crippen LogP contribution in [0.2, 0.25) is 0 Å². The number of allylic oxidation sites excluding steroid dienone is 6. The summed E-state index contributed by atoms with van der Waals surface area (Å²) in [5, 5.41) is 23.5. The van der Waals surface area contributed by atoms with Crippen molar-refractivity contribution < 1.29 is 67.4 Å². The van der Waals surface area contributed by atoms with Crippen molar-refractivity contribution in [2.24, 2.45) is 35.5 Å². The maximum atomic E-state index is 14.5. The van der Waals surface area contributed by atoms with Crippen molar-refractivity contribution in [3.05, 3.63) is 47.6 Å². The highest BCUT2D eigenvalue weighted by molar-refractivity contribution is 6.39. The Morgan fingerprint density at radius 1 is 0.871 bits per heavy atom. The first-order valence-corrected chi connectivity index (χ1v) is 25.9. The molecule has 394 valence electrons. The third-order valence-corrected chi connectivity index (χ3v) is 15.2. The molecule has 1 saturated carbocycles. The standard InChI is InChI=1S/C55H85NO14/c1-12-18-48(58)68-44-25-23-40(30-47(44)66-10)29-36(5)46-32-43(57)35(4)28-38(7)50(60)51(67-11)49(59)37(6)27-33(2)19-14-13-15-20-34(3)45(65-9)31-41-24-22-39(8)55(64,70-41)52(61)53(62)56-26-17-16-21-42(56)54(63)69-46/h13-15,19-20,28,33,35-37,39-42,44-47,50-51,60,64H,12,16-18,21-27,29-32H2,1-11H3/b15-13+,19-14+,34-20+,38-28+/t33-,35-,36-,37?,39-,40+,41+,42+,44-,45+,46+,47-,50-,51+,55-/m1/s1. The molecule has 1 amide bonds. The molecule has 1 aliphatic carbocycles. The first-order chi connectivity index (χ1) is 33.2. The van der Waals surface area contributed by atoms with Gasteiger partial charge in [0.1, 0.15) is 36.2 Å². The van der Waals surface area contributed by atoms with Crippen LogP contribution < -0.4 is 0 Å². The van der Waals surface area contributed by atoms with Crippen LogP contribution in [0.4, 0.5) is 0 Å². The van der Waals surface area contributed by atoms with E-state index in [-0.39, 0.29) is 66.9 Å². The van der Waals surface area contributed by atoms with E-state index in [0.717, 1.165) is 5.57 Å². The van der Waals surface area contributed by atoms with Crippen LogP contribution in [0.15, 0.2) is 47.6 Å². The monoisotopic (exact) mass is 984 g/mol. The summed E-state index contributed by atoms with van der Waals surface area (Å²) in [5.74, 6) is -8.41. The average Bonchev–Trinajstić information content (AvgIpc) is 3.33. The Kier molecular flexibility index (Phi) is 23.3. The molecule has 0 aromatic carbocycles. The van der Waals surface area contributed by atoms with Crippen molar-refractivity contribution in [2.45, 2.75) is 200 Å². The minimum Gasteiger partial charge on any atom is -0.460 e. The minimum absolute atomic E-state index is 0.0106. The highest BCUT2D eigenvalue weighted by Gasteiger charge is 2.53. The smallest absolute Gasteiger partial charge is 0.329 e. The van der Waals surface area contributed by atoms with Gasteiger partial charge in [-0.25, -0.2) is 4.79 Å². The van der Waals surface area contributed by atoms with Crippen LogP contribution in [0.1, 0.15) is 145 Å². The van der Waals surface area contributed by atoms with E-state index in [9.17, 15) is 39.0 Å². The van der Waals surface area contributed by atoms with Crippen LogP contribution >= 0.6 is 0 Å². The molecule has 0 radical (unpaired) electrons. The van der Waals surface area contributed by atoms with E-state index >= 15 is 0 Å². The summed E-state index contributed by atoms with van der Waals surface area (Å²) in [6, 6.07) is -1.16. The molecular formula is C55H85NO14. The molecule has 4 rings (SSSR count). The highest BCUT2D eigenvalue weighted by Crippen LogP contribution is 2.38. The van der Waals surface area contributed by atoms with E-state index in [1.54, 1.807) is 41.1 Å². The molecule has 70 heavy (non-hydrogen) atoms. The fourth-order valence-electron chi connectivity index (χ4n) is 10.7. The number of hydrogen-bond acceptors (Lipinski definition) is 14. The summed E-state index contributed by atoms with van der Waals surface area (Å²) in [5.41, 5.74) is 1.25. The molecule has 0 aromatic heterocycles. The van der Waals surface area contributed by atoms with Crippen molar-refractivity contribution in [1.29, 1.82) is 0 Å². The summed E-state index contributed by atoms with van der Waals surface area (Å²) in [6.45, 7) is 14.6. The van der Waals surface area contributed by atoms with E-state index in [2.05, 4.69) is 0 Å². The van der Waals surface area contributed by atoms with E-state index in [0.29, 0.717) is 82.6 Å². The topological polar surface area (TPSA) is 201 Å². The minimum atomic E-state index is -2.44. The molecule has 3 fully saturated rings. The quantitative estimate of drug-likeness (QED) is 0.130. The number of rotatable bonds is 9. The Bertz CT molecular complexity index is 1910. The van der Waals surface area contributed by atoms with Gasteiger partial charge in [-0.1, -0.05) is 78.0 Å². The van der Waals surface area contributed by atoms with Gasteiger partial charge in [-0.3, -0.25) is 24.0 Å². The van der Waals surface area contributed by atoms with Crippen LogP contribution in [0, 0.1) is 35.5 Å². The third kappa shape index (κ3) is 15.8. The summed E-state index contributed by atoms with van der Waals surface area (Å²) in [7, 11) is 4.54. The van der Waals surface area contributed by atoms with Gasteiger partial charge in [0.05, 0.1) is 18.3 Å². The van der Waals surface area contributed by atoms with Crippen LogP contribution in [0.5, 0.6) is 0 Å². The number of cyclic esters (lactones) is 1. The molecule has 15 heteroatoms. The number of nitrogens with zero attached hydrogens (tertiary/aromatic N) is 1. The molecule has 2 N–H and O–H groups in total. The van der Waals surface area contributed by atoms with Gasteiger partial charge in [-0.15, -0.1) is 0 Å². The van der Waals surface area contributed by atoms with Gasteiger partial charge < -0.3 is 43.5 Å². The highest BCUT2D eigenvalue weighted by atomic mass is 16.6. The van der Waals surface area contributed by atoms with Gasteiger partial charge in [-0.2, -0.15) is 0 Å². The zero-order valence-electron chi connectivity index (χ0n) is 43.9. The lowest BCUT2D eigenvalue weighted by atomic mass is 9.78. The molecule has 15 atom stereocenters. The summed E-state index contributed by atoms with van der Waals surface area (Å²) in [4.78, 5) is 84.7. The van der Waals surface area contributed by atoms with Crippen molar-refractivity contribution in [3.8, 4) is 0 Å². The number of carbonyl (C=O) groups is 6. The van der Waals surface area contributed by atoms with E-state index in [4.69, 9.17) is 28.4 Å². The number of methoxy groups -OCH3 is 3. The van der Waals surface area contributed by atoms with Gasteiger partial charge in [-0.05, 0) is 113 Å². The first-order valence-electron chi connectivity index (χ1n) is 25.9. The number of amides is 1. The molecule has 3 heterocycles. The number of carbonyl (C=O) groups excluding carboxylic acids is 6. The molecule has 1 unspecified atom stereocenters. The molecule has 2 saturated heterocycles. The lowest BCUT2D eigenvalue weighted by Crippen LogP contribution is -2.61. The van der Waals surface area contributed by atoms with Crippen molar-refractivity contribution >= 4 is 35.2 Å². The molecule has 0 aromatic rings. The molecule has 0 spiro atoms. The number of fused-ring (bicyclic) bond motifs is 3. The van der Waals surface area contributed by atoms with Gasteiger partial charge >= 0.3 is 11.9 Å². The summed E-state index contributed by atoms with van der Waals surface area (Å²) >= 11 is 0. The molecule has 15 nitrogen and oxygen atoms in total. The van der Waals surface area contributed by atoms with Gasteiger partial charge in [0.25, 0.3) is 11.7 Å². The van der Waals surface area contributed by atoms with Crippen molar-refractivity contribution in [3.63, 3.8) is 0 Å². The number of aliphatic hydroxyl groups excluding tert-OH is 1. The Hall–Kier alpha value is -3.86. The second kappa shape index (κ2) is 27.8. The van der Waals surface area contributed by atoms with E-state index < -0.39 is 77.8 Å². The number of hydrogen-bond donors (Lipinski definition) is 2. The zero-order valence-corrected chi connectivity index (χ0v) is 43.9. The Labute approximate surface area is 417 Å². The zero-order chi connectivity index (χ0) is 51.9. The number of esters is 2. The first kappa shape index (κ1) is 58.7. The lowest BCUT2D eigenvalue weighted by Gasteiger charge is -2.42. The van der Waals surface area contributed by atoms with Crippen LogP contribution in [-0.4, -0.2) is 133 Å². The predicted molar refractivity (Wildman–Crippen MR) is 264 cm³/mol. The Balaban J connectivity index is 1.69. The Morgan fingerprint density at radius 2 is 1.60 bits per heavy atom. The molecule has 3 aliphatic heterocycles. The third-order valence-electron chi connectivity index (χ3n) is 15.2. The summed E-state index contributed by atoms with van der Waals surface area (Å²) < 4.78 is 35.5. The number of ether oxygens (including phenoxy) is 6. The predicted octanol–water partition coefficient (Wildman–Crippen LogP) is 7.53. The van der Waals surface area contributed by atoms with Crippen LogP contribution in [0.3, 0.4) is 0 Å². The van der Waals surface area contributed by atoms with E-state index in [1.807, 2.05) is 65.0 Å². The van der Waals surface area contributed by atoms with Gasteiger partial charge in [0, 0.05) is 64.9 Å². The van der Waals surface area contributed by atoms with Crippen LogP contribution in [0.25, 0.3) is 0 Å².